The summed E-state index contributed by atoms with van der Waals surface area (Å²) in [5.74, 6) is 0. The van der Waals surface area contributed by atoms with Crippen LogP contribution in [0.4, 0.5) is 0 Å². The summed E-state index contributed by atoms with van der Waals surface area (Å²) in [6.07, 6.45) is 4.31. The third-order valence-corrected chi connectivity index (χ3v) is 2.31. The van der Waals surface area contributed by atoms with Crippen molar-refractivity contribution in [2.75, 3.05) is 6.61 Å². The molecule has 3 N–H and O–H groups in total. The smallest absolute Gasteiger partial charge is 0.0964 e. The van der Waals surface area contributed by atoms with Crippen LogP contribution in [-0.2, 0) is 19.6 Å². The molecule has 0 aromatic carbocycles. The molecule has 0 atom stereocenters. The molecule has 0 bridgehead atoms. The number of aromatic nitrogens is 5. The summed E-state index contributed by atoms with van der Waals surface area (Å²) in [6.45, 7) is 2.26. The quantitative estimate of drug-likeness (QED) is 0.612. The Morgan fingerprint density at radius 2 is 2.35 bits per heavy atom. The first-order valence-corrected chi connectivity index (χ1v) is 5.57. The summed E-state index contributed by atoms with van der Waals surface area (Å²) >= 11 is 0. The molecule has 7 nitrogen and oxygen atoms in total. The van der Waals surface area contributed by atoms with Crippen LogP contribution in [-0.4, -0.2) is 36.9 Å². The van der Waals surface area contributed by atoms with Crippen LogP contribution in [0.3, 0.4) is 0 Å². The van der Waals surface area contributed by atoms with Gasteiger partial charge in [-0.2, -0.15) is 5.10 Å². The van der Waals surface area contributed by atoms with Gasteiger partial charge in [-0.25, -0.2) is 0 Å². The summed E-state index contributed by atoms with van der Waals surface area (Å²) in [7, 11) is 0. The molecule has 7 heteroatoms. The van der Waals surface area contributed by atoms with E-state index in [1.54, 1.807) is 10.9 Å². The van der Waals surface area contributed by atoms with Crippen LogP contribution in [0.15, 0.2) is 18.5 Å². The largest absolute Gasteiger partial charge is 0.396 e. The van der Waals surface area contributed by atoms with E-state index >= 15 is 0 Å². The molecule has 2 aromatic rings. The summed E-state index contributed by atoms with van der Waals surface area (Å²) in [4.78, 5) is 0. The highest BCUT2D eigenvalue weighted by molar-refractivity contribution is 4.98. The lowest BCUT2D eigenvalue weighted by Crippen LogP contribution is -2.13. The van der Waals surface area contributed by atoms with Crippen molar-refractivity contribution in [3.05, 3.63) is 29.8 Å². The summed E-state index contributed by atoms with van der Waals surface area (Å²) in [6, 6.07) is 1.92. The second-order valence-electron chi connectivity index (χ2n) is 3.74. The van der Waals surface area contributed by atoms with Gasteiger partial charge in [0.2, 0.25) is 0 Å². The van der Waals surface area contributed by atoms with Crippen molar-refractivity contribution in [1.29, 1.82) is 0 Å². The van der Waals surface area contributed by atoms with Crippen molar-refractivity contribution in [3.8, 4) is 0 Å². The number of nitrogens with zero attached hydrogens (tertiary/aromatic N) is 4. The Kier molecular flexibility index (Phi) is 4.23. The summed E-state index contributed by atoms with van der Waals surface area (Å²) in [5, 5.41) is 26.7. The predicted octanol–water partition coefficient (Wildman–Crippen LogP) is -0.327. The first kappa shape index (κ1) is 11.7. The fourth-order valence-corrected chi connectivity index (χ4v) is 1.47. The van der Waals surface area contributed by atoms with E-state index in [1.165, 1.54) is 0 Å². The maximum Gasteiger partial charge on any atom is 0.0964 e. The van der Waals surface area contributed by atoms with Gasteiger partial charge in [0.1, 0.15) is 0 Å². The standard InChI is InChI=1S/C10H16N6O/c17-5-1-4-16-8-10(14-15-16)7-11-6-9-2-3-12-13-9/h2-3,8,11,17H,1,4-7H2,(H,12,13). The molecular weight excluding hydrogens is 220 g/mol. The molecule has 2 heterocycles. The normalized spacial score (nSPS) is 10.9. The van der Waals surface area contributed by atoms with E-state index in [2.05, 4.69) is 25.8 Å². The third-order valence-electron chi connectivity index (χ3n) is 2.31. The number of H-pyrrole nitrogens is 1. The highest BCUT2D eigenvalue weighted by Crippen LogP contribution is 1.96. The SMILES string of the molecule is OCCCn1cc(CNCc2ccn[nH]2)nn1. The summed E-state index contributed by atoms with van der Waals surface area (Å²) in [5.41, 5.74) is 1.93. The van der Waals surface area contributed by atoms with Gasteiger partial charge in [-0.3, -0.25) is 9.78 Å². The maximum atomic E-state index is 8.70. The lowest BCUT2D eigenvalue weighted by atomic mass is 10.4. The highest BCUT2D eigenvalue weighted by atomic mass is 16.3. The minimum atomic E-state index is 0.174. The van der Waals surface area contributed by atoms with Gasteiger partial charge in [0.05, 0.1) is 5.69 Å². The summed E-state index contributed by atoms with van der Waals surface area (Å²) < 4.78 is 1.74. The van der Waals surface area contributed by atoms with E-state index in [4.69, 9.17) is 5.11 Å². The zero-order chi connectivity index (χ0) is 11.9. The number of hydrogen-bond donors (Lipinski definition) is 3. The van der Waals surface area contributed by atoms with Gasteiger partial charge >= 0.3 is 0 Å². The van der Waals surface area contributed by atoms with E-state index in [0.717, 1.165) is 17.9 Å². The van der Waals surface area contributed by atoms with Crippen LogP contribution in [0.25, 0.3) is 0 Å². The van der Waals surface area contributed by atoms with Crippen molar-refractivity contribution in [1.82, 2.24) is 30.5 Å². The monoisotopic (exact) mass is 236 g/mol. The highest BCUT2D eigenvalue weighted by Gasteiger charge is 2.00. The molecule has 0 aliphatic heterocycles. The van der Waals surface area contributed by atoms with Gasteiger partial charge in [-0.05, 0) is 12.5 Å². The van der Waals surface area contributed by atoms with Crippen LogP contribution in [0.2, 0.25) is 0 Å². The van der Waals surface area contributed by atoms with E-state index < -0.39 is 0 Å². The lowest BCUT2D eigenvalue weighted by Gasteiger charge is -1.99. The van der Waals surface area contributed by atoms with Crippen LogP contribution in [0, 0.1) is 0 Å². The van der Waals surface area contributed by atoms with Gasteiger partial charge in [0, 0.05) is 44.3 Å². The molecule has 0 aliphatic carbocycles. The Labute approximate surface area is 98.8 Å². The van der Waals surface area contributed by atoms with Gasteiger partial charge in [-0.1, -0.05) is 5.21 Å². The second kappa shape index (κ2) is 6.12. The van der Waals surface area contributed by atoms with Crippen molar-refractivity contribution in [2.24, 2.45) is 0 Å². The Morgan fingerprint density at radius 1 is 1.41 bits per heavy atom. The average molecular weight is 236 g/mol. The Bertz CT molecular complexity index is 424. The van der Waals surface area contributed by atoms with Crippen LogP contribution < -0.4 is 5.32 Å². The van der Waals surface area contributed by atoms with E-state index in [-0.39, 0.29) is 6.61 Å². The fraction of sp³-hybridized carbons (Fsp3) is 0.500. The first-order valence-electron chi connectivity index (χ1n) is 5.57. The molecule has 92 valence electrons. The molecule has 0 spiro atoms. The molecule has 0 aliphatic rings. The zero-order valence-electron chi connectivity index (χ0n) is 9.50. The molecule has 0 radical (unpaired) electrons. The van der Waals surface area contributed by atoms with Gasteiger partial charge < -0.3 is 10.4 Å². The van der Waals surface area contributed by atoms with Crippen LogP contribution in [0.1, 0.15) is 17.8 Å². The van der Waals surface area contributed by atoms with E-state index in [9.17, 15) is 0 Å². The molecule has 0 fully saturated rings. The molecule has 2 rings (SSSR count). The number of hydrogen-bond acceptors (Lipinski definition) is 5. The Morgan fingerprint density at radius 3 is 3.12 bits per heavy atom. The third kappa shape index (κ3) is 3.65. The number of aromatic amines is 1. The van der Waals surface area contributed by atoms with Crippen molar-refractivity contribution in [3.63, 3.8) is 0 Å². The molecule has 0 unspecified atom stereocenters. The van der Waals surface area contributed by atoms with E-state index in [0.29, 0.717) is 19.5 Å². The zero-order valence-corrected chi connectivity index (χ0v) is 9.50. The number of nitrogens with one attached hydrogen (secondary N) is 2. The topological polar surface area (TPSA) is 91.7 Å². The number of rotatable bonds is 7. The molecule has 0 saturated carbocycles. The minimum Gasteiger partial charge on any atom is -0.396 e. The van der Waals surface area contributed by atoms with Gasteiger partial charge in [0.25, 0.3) is 0 Å². The maximum absolute atomic E-state index is 8.70. The second-order valence-corrected chi connectivity index (χ2v) is 3.74. The molecule has 0 amide bonds. The van der Waals surface area contributed by atoms with Gasteiger partial charge in [-0.15, -0.1) is 5.10 Å². The van der Waals surface area contributed by atoms with Crippen molar-refractivity contribution < 1.29 is 5.11 Å². The number of aliphatic hydroxyl groups excluding tert-OH is 1. The number of aliphatic hydroxyl groups is 1. The molecule has 17 heavy (non-hydrogen) atoms. The lowest BCUT2D eigenvalue weighted by molar-refractivity contribution is 0.276. The van der Waals surface area contributed by atoms with Crippen LogP contribution in [0.5, 0.6) is 0 Å². The van der Waals surface area contributed by atoms with Crippen LogP contribution >= 0.6 is 0 Å². The fourth-order valence-electron chi connectivity index (χ4n) is 1.47. The number of aryl methyl sites for hydroxylation is 1. The molecular formula is C10H16N6O. The minimum absolute atomic E-state index is 0.174. The van der Waals surface area contributed by atoms with Gasteiger partial charge in [0.15, 0.2) is 0 Å². The first-order chi connectivity index (χ1) is 8.38. The van der Waals surface area contributed by atoms with E-state index in [1.807, 2.05) is 12.3 Å². The van der Waals surface area contributed by atoms with Crippen molar-refractivity contribution in [2.45, 2.75) is 26.1 Å². The Balaban J connectivity index is 1.73. The Hall–Kier alpha value is -1.73. The average Bonchev–Trinajstić information content (AvgIpc) is 2.98. The van der Waals surface area contributed by atoms with Crippen molar-refractivity contribution >= 4 is 0 Å². The molecule has 0 saturated heterocycles. The predicted molar refractivity (Wildman–Crippen MR) is 60.9 cm³/mol. The molecule has 2 aromatic heterocycles.